The Morgan fingerprint density at radius 1 is 1.23 bits per heavy atom. The Morgan fingerprint density at radius 3 is 2.70 bits per heavy atom. The van der Waals surface area contributed by atoms with E-state index >= 15 is 0 Å². The van der Waals surface area contributed by atoms with E-state index in [1.54, 1.807) is 19.0 Å². The Hall–Kier alpha value is -3.16. The van der Waals surface area contributed by atoms with Crippen LogP contribution in [0.15, 0.2) is 36.4 Å². The lowest BCUT2D eigenvalue weighted by atomic mass is 10.0. The minimum atomic E-state index is -0.208. The van der Waals surface area contributed by atoms with Gasteiger partial charge in [0.1, 0.15) is 11.6 Å². The van der Waals surface area contributed by atoms with Crippen LogP contribution in [-0.2, 0) is 16.1 Å². The molecule has 0 bridgehead atoms. The van der Waals surface area contributed by atoms with Crippen LogP contribution in [0.5, 0.6) is 5.75 Å². The molecular weight excluding hydrogens is 382 g/mol. The van der Waals surface area contributed by atoms with Crippen molar-refractivity contribution in [2.75, 3.05) is 32.6 Å². The van der Waals surface area contributed by atoms with Crippen LogP contribution in [0.1, 0.15) is 43.7 Å². The van der Waals surface area contributed by atoms with Gasteiger partial charge in [-0.1, -0.05) is 18.2 Å². The number of likely N-dealkylation sites (tertiary alicyclic amines) is 1. The van der Waals surface area contributed by atoms with E-state index in [0.29, 0.717) is 30.5 Å². The van der Waals surface area contributed by atoms with Crippen molar-refractivity contribution in [2.24, 2.45) is 0 Å². The molecule has 1 atom stereocenters. The molecule has 0 aliphatic carbocycles. The van der Waals surface area contributed by atoms with Crippen LogP contribution >= 0.6 is 0 Å². The van der Waals surface area contributed by atoms with Crippen LogP contribution in [0.25, 0.3) is 0 Å². The topological polar surface area (TPSA) is 87.7 Å². The van der Waals surface area contributed by atoms with Crippen molar-refractivity contribution in [2.45, 2.75) is 38.8 Å². The lowest BCUT2D eigenvalue weighted by molar-refractivity contribution is -0.137. The van der Waals surface area contributed by atoms with Crippen molar-refractivity contribution in [1.29, 1.82) is 0 Å². The van der Waals surface area contributed by atoms with Crippen molar-refractivity contribution in [3.05, 3.63) is 47.9 Å². The summed E-state index contributed by atoms with van der Waals surface area (Å²) in [6.45, 7) is 2.54. The van der Waals surface area contributed by atoms with Gasteiger partial charge in [0.05, 0.1) is 18.3 Å². The summed E-state index contributed by atoms with van der Waals surface area (Å²) in [5.41, 5.74) is 0.737. The van der Waals surface area contributed by atoms with E-state index in [2.05, 4.69) is 10.3 Å². The Balaban J connectivity index is 1.78. The largest absolute Gasteiger partial charge is 0.484 e. The molecule has 1 fully saturated rings. The molecule has 0 radical (unpaired) electrons. The van der Waals surface area contributed by atoms with Gasteiger partial charge >= 0.3 is 0 Å². The molecule has 2 amide bonds. The lowest BCUT2D eigenvalue weighted by Gasteiger charge is -2.35. The van der Waals surface area contributed by atoms with Gasteiger partial charge < -0.3 is 19.9 Å². The second kappa shape index (κ2) is 10.0. The molecule has 2 heterocycles. The molecule has 160 valence electrons. The number of benzene rings is 1. The Labute approximate surface area is 177 Å². The highest BCUT2D eigenvalue weighted by Crippen LogP contribution is 2.30. The summed E-state index contributed by atoms with van der Waals surface area (Å²) in [4.78, 5) is 37.3. The van der Waals surface area contributed by atoms with E-state index in [1.165, 1.54) is 6.92 Å². The van der Waals surface area contributed by atoms with Crippen LogP contribution in [-0.4, -0.2) is 58.8 Å². The zero-order valence-corrected chi connectivity index (χ0v) is 17.8. The monoisotopic (exact) mass is 411 g/mol. The number of hydrogen-bond donors (Lipinski definition) is 1. The molecule has 0 spiro atoms. The van der Waals surface area contributed by atoms with Gasteiger partial charge in [-0.15, -0.1) is 0 Å². The molecule has 1 aliphatic heterocycles. The summed E-state index contributed by atoms with van der Waals surface area (Å²) in [7, 11) is 3.53. The van der Waals surface area contributed by atoms with E-state index in [0.717, 1.165) is 25.0 Å². The molecule has 1 unspecified atom stereocenters. The molecule has 1 N–H and O–H groups in total. The fourth-order valence-corrected chi connectivity index (χ4v) is 3.47. The van der Waals surface area contributed by atoms with E-state index in [4.69, 9.17) is 9.72 Å². The maximum Gasteiger partial charge on any atom is 0.261 e. The van der Waals surface area contributed by atoms with Crippen molar-refractivity contribution < 1.29 is 14.3 Å². The van der Waals surface area contributed by atoms with Crippen LogP contribution in [0.4, 0.5) is 5.82 Å². The Kier molecular flexibility index (Phi) is 7.21. The predicted molar refractivity (Wildman–Crippen MR) is 114 cm³/mol. The van der Waals surface area contributed by atoms with E-state index in [1.807, 2.05) is 41.3 Å². The number of hydrogen-bond acceptors (Lipinski definition) is 6. The van der Waals surface area contributed by atoms with Gasteiger partial charge in [0.15, 0.2) is 12.4 Å². The maximum atomic E-state index is 12.9. The van der Waals surface area contributed by atoms with Gasteiger partial charge in [-0.25, -0.2) is 9.97 Å². The number of ether oxygens (including phenoxy) is 1. The number of carbonyl (C=O) groups is 2. The van der Waals surface area contributed by atoms with Crippen molar-refractivity contribution >= 4 is 17.6 Å². The first kappa shape index (κ1) is 21.5. The van der Waals surface area contributed by atoms with Crippen molar-refractivity contribution in [3.8, 4) is 5.75 Å². The van der Waals surface area contributed by atoms with Gasteiger partial charge in [-0.3, -0.25) is 9.59 Å². The number of carbonyl (C=O) groups excluding carboxylic acids is 2. The minimum Gasteiger partial charge on any atom is -0.484 e. The standard InChI is InChI=1S/C22H29N5O3/c1-16(28)26(3)14-17-13-20(23-2)25-22(24-17)19-11-7-8-12-27(19)21(29)15-30-18-9-5-4-6-10-18/h4-6,9-10,13,19H,7-8,11-12,14-15H2,1-3H3,(H,23,24,25). The average Bonchev–Trinajstić information content (AvgIpc) is 2.77. The highest BCUT2D eigenvalue weighted by molar-refractivity contribution is 5.78. The summed E-state index contributed by atoms with van der Waals surface area (Å²) in [5.74, 6) is 1.83. The second-order valence-corrected chi connectivity index (χ2v) is 7.43. The van der Waals surface area contributed by atoms with Gasteiger partial charge in [0.25, 0.3) is 5.91 Å². The summed E-state index contributed by atoms with van der Waals surface area (Å²) < 4.78 is 5.66. The molecule has 1 aromatic carbocycles. The Bertz CT molecular complexity index is 874. The first-order valence-corrected chi connectivity index (χ1v) is 10.2. The Morgan fingerprint density at radius 2 is 2.00 bits per heavy atom. The maximum absolute atomic E-state index is 12.9. The zero-order chi connectivity index (χ0) is 21.5. The predicted octanol–water partition coefficient (Wildman–Crippen LogP) is 2.63. The molecule has 8 heteroatoms. The first-order chi connectivity index (χ1) is 14.5. The van der Waals surface area contributed by atoms with E-state index in [9.17, 15) is 9.59 Å². The zero-order valence-electron chi connectivity index (χ0n) is 17.8. The summed E-state index contributed by atoms with van der Waals surface area (Å²) >= 11 is 0. The number of anilines is 1. The van der Waals surface area contributed by atoms with E-state index in [-0.39, 0.29) is 24.5 Å². The normalized spacial score (nSPS) is 16.1. The van der Waals surface area contributed by atoms with Gasteiger partial charge in [0, 0.05) is 33.6 Å². The molecule has 2 aromatic rings. The smallest absolute Gasteiger partial charge is 0.261 e. The van der Waals surface area contributed by atoms with E-state index < -0.39 is 0 Å². The van der Waals surface area contributed by atoms with Crippen molar-refractivity contribution in [3.63, 3.8) is 0 Å². The number of amides is 2. The number of nitrogens with zero attached hydrogens (tertiary/aromatic N) is 4. The summed E-state index contributed by atoms with van der Waals surface area (Å²) in [6.07, 6.45) is 2.75. The summed E-state index contributed by atoms with van der Waals surface area (Å²) in [6, 6.07) is 10.9. The molecule has 0 saturated carbocycles. The third-order valence-corrected chi connectivity index (χ3v) is 5.22. The fraction of sp³-hybridized carbons (Fsp3) is 0.455. The third kappa shape index (κ3) is 5.46. The van der Waals surface area contributed by atoms with Gasteiger partial charge in [-0.05, 0) is 31.4 Å². The summed E-state index contributed by atoms with van der Waals surface area (Å²) in [5, 5.41) is 3.06. The number of aromatic nitrogens is 2. The number of para-hydroxylation sites is 1. The molecule has 1 aromatic heterocycles. The first-order valence-electron chi connectivity index (χ1n) is 10.2. The lowest BCUT2D eigenvalue weighted by Crippen LogP contribution is -2.42. The molecule has 3 rings (SSSR count). The molecule has 1 saturated heterocycles. The highest BCUT2D eigenvalue weighted by Gasteiger charge is 2.31. The molecule has 8 nitrogen and oxygen atoms in total. The highest BCUT2D eigenvalue weighted by atomic mass is 16.5. The third-order valence-electron chi connectivity index (χ3n) is 5.22. The number of nitrogens with one attached hydrogen (secondary N) is 1. The van der Waals surface area contributed by atoms with Crippen LogP contribution < -0.4 is 10.1 Å². The van der Waals surface area contributed by atoms with Crippen LogP contribution in [0.2, 0.25) is 0 Å². The molecule has 30 heavy (non-hydrogen) atoms. The molecule has 1 aliphatic rings. The second-order valence-electron chi connectivity index (χ2n) is 7.43. The minimum absolute atomic E-state index is 0.0217. The fourth-order valence-electron chi connectivity index (χ4n) is 3.47. The van der Waals surface area contributed by atoms with Crippen LogP contribution in [0.3, 0.4) is 0 Å². The average molecular weight is 412 g/mol. The molecular formula is C22H29N5O3. The number of piperidine rings is 1. The van der Waals surface area contributed by atoms with Gasteiger partial charge in [-0.2, -0.15) is 0 Å². The van der Waals surface area contributed by atoms with Crippen LogP contribution in [0, 0.1) is 0 Å². The van der Waals surface area contributed by atoms with Gasteiger partial charge in [0.2, 0.25) is 5.91 Å². The SMILES string of the molecule is CNc1cc(CN(C)C(C)=O)nc(C2CCCCN2C(=O)COc2ccccc2)n1. The quantitative estimate of drug-likeness (QED) is 0.754. The number of rotatable bonds is 7. The van der Waals surface area contributed by atoms with Crippen molar-refractivity contribution in [1.82, 2.24) is 19.8 Å².